The Morgan fingerprint density at radius 1 is 1.35 bits per heavy atom. The van der Waals surface area contributed by atoms with E-state index in [-0.39, 0.29) is 12.2 Å². The molecule has 0 bridgehead atoms. The highest BCUT2D eigenvalue weighted by Gasteiger charge is 2.41. The predicted octanol–water partition coefficient (Wildman–Crippen LogP) is 2.05. The molecule has 1 N–H and O–H groups in total. The maximum atomic E-state index is 12.6. The highest BCUT2D eigenvalue weighted by Crippen LogP contribution is 2.28. The zero-order valence-electron chi connectivity index (χ0n) is 13.7. The molecule has 0 aromatic rings. The van der Waals surface area contributed by atoms with Crippen LogP contribution in [0.1, 0.15) is 53.4 Å². The predicted molar refractivity (Wildman–Crippen MR) is 82.4 cm³/mol. The van der Waals surface area contributed by atoms with E-state index in [2.05, 4.69) is 49.9 Å². The lowest BCUT2D eigenvalue weighted by molar-refractivity contribution is -0.131. The molecule has 20 heavy (non-hydrogen) atoms. The van der Waals surface area contributed by atoms with Crippen molar-refractivity contribution in [3.63, 3.8) is 0 Å². The van der Waals surface area contributed by atoms with Gasteiger partial charge in [-0.1, -0.05) is 27.2 Å². The van der Waals surface area contributed by atoms with Crippen molar-refractivity contribution in [3.8, 4) is 0 Å². The van der Waals surface area contributed by atoms with Crippen LogP contribution in [-0.4, -0.2) is 53.6 Å². The average Bonchev–Trinajstić information content (AvgIpc) is 3.19. The summed E-state index contributed by atoms with van der Waals surface area (Å²) in [5, 5.41) is 3.54. The molecule has 0 radical (unpaired) electrons. The van der Waals surface area contributed by atoms with Crippen LogP contribution in [0.5, 0.6) is 0 Å². The van der Waals surface area contributed by atoms with Gasteiger partial charge in [0.15, 0.2) is 0 Å². The summed E-state index contributed by atoms with van der Waals surface area (Å²) in [6.07, 6.45) is 5.03. The van der Waals surface area contributed by atoms with Crippen LogP contribution < -0.4 is 5.32 Å². The topological polar surface area (TPSA) is 35.6 Å². The molecule has 1 amide bonds. The quantitative estimate of drug-likeness (QED) is 0.776. The fourth-order valence-electron chi connectivity index (χ4n) is 3.16. The lowest BCUT2D eigenvalue weighted by Crippen LogP contribution is -2.46. The Morgan fingerprint density at radius 3 is 2.50 bits per heavy atom. The minimum atomic E-state index is 0.00461. The molecule has 0 aromatic heterocycles. The number of hydrogen-bond acceptors (Lipinski definition) is 3. The molecule has 1 saturated carbocycles. The van der Waals surface area contributed by atoms with Crippen molar-refractivity contribution in [2.75, 3.05) is 13.6 Å². The molecule has 2 rings (SSSR count). The number of carbonyl (C=O) groups is 1. The normalized spacial score (nSPS) is 28.8. The van der Waals surface area contributed by atoms with Gasteiger partial charge in [0.2, 0.25) is 5.91 Å². The first kappa shape index (κ1) is 15.8. The Balaban J connectivity index is 2.00. The van der Waals surface area contributed by atoms with E-state index in [1.54, 1.807) is 0 Å². The van der Waals surface area contributed by atoms with Gasteiger partial charge in [0.25, 0.3) is 0 Å². The molecule has 2 fully saturated rings. The zero-order valence-corrected chi connectivity index (χ0v) is 13.7. The summed E-state index contributed by atoms with van der Waals surface area (Å²) < 4.78 is 0. The van der Waals surface area contributed by atoms with Gasteiger partial charge in [0, 0.05) is 18.6 Å². The molecule has 4 nitrogen and oxygen atoms in total. The van der Waals surface area contributed by atoms with Gasteiger partial charge >= 0.3 is 0 Å². The van der Waals surface area contributed by atoms with Gasteiger partial charge in [-0.15, -0.1) is 0 Å². The molecule has 4 heteroatoms. The fourth-order valence-corrected chi connectivity index (χ4v) is 3.16. The molecule has 116 valence electrons. The number of likely N-dealkylation sites (N-methyl/N-ethyl adjacent to an activating group) is 1. The molecule has 0 aromatic carbocycles. The minimum Gasteiger partial charge on any atom is -0.324 e. The van der Waals surface area contributed by atoms with Gasteiger partial charge in [0.05, 0.1) is 12.2 Å². The third-order valence-corrected chi connectivity index (χ3v) is 4.81. The smallest absolute Gasteiger partial charge is 0.241 e. The van der Waals surface area contributed by atoms with Crippen molar-refractivity contribution < 1.29 is 4.79 Å². The van der Waals surface area contributed by atoms with Crippen LogP contribution in [0.25, 0.3) is 0 Å². The van der Waals surface area contributed by atoms with E-state index in [1.807, 2.05) is 0 Å². The van der Waals surface area contributed by atoms with Crippen LogP contribution in [0, 0.1) is 5.92 Å². The Hall–Kier alpha value is -0.610. The molecular formula is C16H31N3O. The van der Waals surface area contributed by atoms with Crippen molar-refractivity contribution in [3.05, 3.63) is 0 Å². The second-order valence-electron chi connectivity index (χ2n) is 6.93. The Kier molecular flexibility index (Phi) is 5.08. The van der Waals surface area contributed by atoms with Crippen molar-refractivity contribution in [2.45, 2.75) is 77.7 Å². The Labute approximate surface area is 123 Å². The number of amides is 1. The summed E-state index contributed by atoms with van der Waals surface area (Å²) in [6, 6.07) is 1.20. The van der Waals surface area contributed by atoms with Crippen LogP contribution in [0.3, 0.4) is 0 Å². The van der Waals surface area contributed by atoms with E-state index in [1.165, 1.54) is 12.8 Å². The monoisotopic (exact) mass is 281 g/mol. The van der Waals surface area contributed by atoms with Gasteiger partial charge in [-0.3, -0.25) is 15.0 Å². The van der Waals surface area contributed by atoms with Crippen molar-refractivity contribution in [2.24, 2.45) is 5.92 Å². The highest BCUT2D eigenvalue weighted by molar-refractivity contribution is 5.84. The molecule has 1 aliphatic heterocycles. The Morgan fingerprint density at radius 2 is 2.00 bits per heavy atom. The molecular weight excluding hydrogens is 250 g/mol. The molecule has 3 unspecified atom stereocenters. The van der Waals surface area contributed by atoms with Crippen LogP contribution in [0.2, 0.25) is 0 Å². The summed E-state index contributed by atoms with van der Waals surface area (Å²) >= 11 is 0. The van der Waals surface area contributed by atoms with Crippen LogP contribution in [0.4, 0.5) is 0 Å². The maximum Gasteiger partial charge on any atom is 0.241 e. The minimum absolute atomic E-state index is 0.00461. The number of hydrogen-bond donors (Lipinski definition) is 1. The third kappa shape index (κ3) is 3.34. The molecule has 1 aliphatic carbocycles. The molecule has 1 saturated heterocycles. The highest BCUT2D eigenvalue weighted by atomic mass is 16.2. The fraction of sp³-hybridized carbons (Fsp3) is 0.938. The van der Waals surface area contributed by atoms with Gasteiger partial charge in [-0.05, 0) is 39.2 Å². The second-order valence-corrected chi connectivity index (χ2v) is 6.93. The van der Waals surface area contributed by atoms with E-state index >= 15 is 0 Å². The lowest BCUT2D eigenvalue weighted by Gasteiger charge is -2.32. The first-order valence-electron chi connectivity index (χ1n) is 8.24. The van der Waals surface area contributed by atoms with Crippen molar-refractivity contribution in [1.29, 1.82) is 0 Å². The van der Waals surface area contributed by atoms with Crippen molar-refractivity contribution >= 4 is 5.91 Å². The SMILES string of the molecule is CCCC1NC(C(C)C)C(=O)N1CC(C)N(C)C1CC1. The third-order valence-electron chi connectivity index (χ3n) is 4.81. The first-order valence-corrected chi connectivity index (χ1v) is 8.24. The van der Waals surface area contributed by atoms with Gasteiger partial charge < -0.3 is 4.90 Å². The number of nitrogens with one attached hydrogen (secondary N) is 1. The zero-order chi connectivity index (χ0) is 14.9. The van der Waals surface area contributed by atoms with Gasteiger partial charge in [-0.25, -0.2) is 0 Å². The molecule has 3 atom stereocenters. The van der Waals surface area contributed by atoms with E-state index in [0.29, 0.717) is 17.9 Å². The molecule has 2 aliphatic rings. The van der Waals surface area contributed by atoms with Gasteiger partial charge in [-0.2, -0.15) is 0 Å². The number of nitrogens with zero attached hydrogens (tertiary/aromatic N) is 2. The summed E-state index contributed by atoms with van der Waals surface area (Å²) in [7, 11) is 2.20. The molecule has 1 heterocycles. The van der Waals surface area contributed by atoms with E-state index in [0.717, 1.165) is 25.4 Å². The van der Waals surface area contributed by atoms with E-state index in [9.17, 15) is 4.79 Å². The second kappa shape index (κ2) is 6.44. The summed E-state index contributed by atoms with van der Waals surface area (Å²) in [4.78, 5) is 17.2. The summed E-state index contributed by atoms with van der Waals surface area (Å²) in [5.41, 5.74) is 0. The van der Waals surface area contributed by atoms with Crippen LogP contribution in [0.15, 0.2) is 0 Å². The van der Waals surface area contributed by atoms with Crippen LogP contribution in [-0.2, 0) is 4.79 Å². The maximum absolute atomic E-state index is 12.6. The Bertz CT molecular complexity index is 341. The molecule has 0 spiro atoms. The largest absolute Gasteiger partial charge is 0.324 e. The lowest BCUT2D eigenvalue weighted by atomic mass is 10.0. The van der Waals surface area contributed by atoms with E-state index in [4.69, 9.17) is 0 Å². The van der Waals surface area contributed by atoms with Gasteiger partial charge in [0.1, 0.15) is 0 Å². The van der Waals surface area contributed by atoms with Crippen molar-refractivity contribution in [1.82, 2.24) is 15.1 Å². The average molecular weight is 281 g/mol. The first-order chi connectivity index (χ1) is 9.45. The standard InChI is InChI=1S/C16H31N3O/c1-6-7-14-17-15(11(2)3)16(20)19(14)10-12(4)18(5)13-8-9-13/h11-15,17H,6-10H2,1-5H3. The van der Waals surface area contributed by atoms with Crippen LogP contribution >= 0.6 is 0 Å². The summed E-state index contributed by atoms with van der Waals surface area (Å²) in [6.45, 7) is 9.54. The number of rotatable bonds is 7. The number of carbonyl (C=O) groups excluding carboxylic acids is 1. The summed E-state index contributed by atoms with van der Waals surface area (Å²) in [5.74, 6) is 0.665. The van der Waals surface area contributed by atoms with E-state index < -0.39 is 0 Å².